The highest BCUT2D eigenvalue weighted by Crippen LogP contribution is 2.22. The molecule has 0 saturated carbocycles. The van der Waals surface area contributed by atoms with Crippen molar-refractivity contribution in [2.24, 2.45) is 5.92 Å². The van der Waals surface area contributed by atoms with Gasteiger partial charge in [-0.15, -0.1) is 0 Å². The number of carbonyl (C=O) groups excluding carboxylic acids is 1. The van der Waals surface area contributed by atoms with Crippen molar-refractivity contribution < 1.29 is 9.53 Å². The molecular formula is C14H20ClNO2. The molecule has 0 atom stereocenters. The molecular weight excluding hydrogens is 250 g/mol. The highest BCUT2D eigenvalue weighted by atomic mass is 35.5. The maximum atomic E-state index is 11.7. The van der Waals surface area contributed by atoms with Crippen molar-refractivity contribution >= 4 is 17.5 Å². The van der Waals surface area contributed by atoms with Crippen LogP contribution in [0.5, 0.6) is 5.75 Å². The number of hydrogen-bond acceptors (Lipinski definition) is 2. The summed E-state index contributed by atoms with van der Waals surface area (Å²) in [5.74, 6) is 0.851. The van der Waals surface area contributed by atoms with Gasteiger partial charge in [0, 0.05) is 5.92 Å². The van der Waals surface area contributed by atoms with Crippen molar-refractivity contribution in [3.63, 3.8) is 0 Å². The van der Waals surface area contributed by atoms with Gasteiger partial charge in [0.05, 0.1) is 11.6 Å². The normalized spacial score (nSPS) is 10.4. The van der Waals surface area contributed by atoms with Crippen LogP contribution in [0.1, 0.15) is 26.7 Å². The first-order valence-electron chi connectivity index (χ1n) is 6.34. The average molecular weight is 270 g/mol. The van der Waals surface area contributed by atoms with Gasteiger partial charge in [0.15, 0.2) is 0 Å². The zero-order valence-electron chi connectivity index (χ0n) is 10.9. The van der Waals surface area contributed by atoms with Gasteiger partial charge in [-0.25, -0.2) is 0 Å². The third-order valence-corrected chi connectivity index (χ3v) is 3.16. The van der Waals surface area contributed by atoms with Gasteiger partial charge in [-0.2, -0.15) is 0 Å². The van der Waals surface area contributed by atoms with Crippen molar-refractivity contribution in [3.05, 3.63) is 29.3 Å². The zero-order chi connectivity index (χ0) is 13.4. The van der Waals surface area contributed by atoms with Crippen molar-refractivity contribution in [2.45, 2.75) is 26.7 Å². The Kier molecular flexibility index (Phi) is 6.58. The number of amides is 1. The van der Waals surface area contributed by atoms with Gasteiger partial charge in [-0.3, -0.25) is 4.79 Å². The Morgan fingerprint density at radius 3 is 2.61 bits per heavy atom. The molecule has 1 aromatic carbocycles. The number of carbonyl (C=O) groups is 1. The van der Waals surface area contributed by atoms with Crippen LogP contribution in [0.4, 0.5) is 0 Å². The number of halogens is 1. The van der Waals surface area contributed by atoms with E-state index >= 15 is 0 Å². The highest BCUT2D eigenvalue weighted by molar-refractivity contribution is 6.32. The topological polar surface area (TPSA) is 38.3 Å². The molecule has 0 spiro atoms. The van der Waals surface area contributed by atoms with Gasteiger partial charge in [0.25, 0.3) is 0 Å². The minimum Gasteiger partial charge on any atom is -0.490 e. The number of rotatable bonds is 7. The first-order valence-corrected chi connectivity index (χ1v) is 6.71. The summed E-state index contributed by atoms with van der Waals surface area (Å²) in [7, 11) is 0. The smallest absolute Gasteiger partial charge is 0.223 e. The Labute approximate surface area is 113 Å². The van der Waals surface area contributed by atoms with Gasteiger partial charge in [0.2, 0.25) is 5.91 Å². The summed E-state index contributed by atoms with van der Waals surface area (Å²) in [5, 5.41) is 3.45. The number of para-hydroxylation sites is 1. The molecule has 0 aliphatic rings. The van der Waals surface area contributed by atoms with Crippen LogP contribution < -0.4 is 10.1 Å². The van der Waals surface area contributed by atoms with Crippen LogP contribution in [-0.2, 0) is 4.79 Å². The van der Waals surface area contributed by atoms with E-state index in [1.807, 2.05) is 32.0 Å². The fraction of sp³-hybridized carbons (Fsp3) is 0.500. The van der Waals surface area contributed by atoms with Crippen LogP contribution in [0.3, 0.4) is 0 Å². The Bertz CT molecular complexity index is 378. The molecule has 0 unspecified atom stereocenters. The fourth-order valence-corrected chi connectivity index (χ4v) is 1.89. The van der Waals surface area contributed by atoms with E-state index in [0.717, 1.165) is 12.8 Å². The molecule has 3 nitrogen and oxygen atoms in total. The average Bonchev–Trinajstić information content (AvgIpc) is 2.38. The molecule has 0 aliphatic heterocycles. The minimum atomic E-state index is 0.0998. The maximum Gasteiger partial charge on any atom is 0.223 e. The zero-order valence-corrected chi connectivity index (χ0v) is 11.7. The van der Waals surface area contributed by atoms with E-state index in [1.165, 1.54) is 0 Å². The van der Waals surface area contributed by atoms with Crippen LogP contribution >= 0.6 is 11.6 Å². The minimum absolute atomic E-state index is 0.0998. The van der Waals surface area contributed by atoms with Gasteiger partial charge < -0.3 is 10.1 Å². The summed E-state index contributed by atoms with van der Waals surface area (Å²) in [6, 6.07) is 7.30. The van der Waals surface area contributed by atoms with Crippen molar-refractivity contribution in [2.75, 3.05) is 13.2 Å². The van der Waals surface area contributed by atoms with Gasteiger partial charge in [-0.1, -0.05) is 37.6 Å². The van der Waals surface area contributed by atoms with Crippen LogP contribution in [0, 0.1) is 5.92 Å². The van der Waals surface area contributed by atoms with E-state index in [2.05, 4.69) is 5.32 Å². The third kappa shape index (κ3) is 4.57. The van der Waals surface area contributed by atoms with Gasteiger partial charge >= 0.3 is 0 Å². The molecule has 0 aromatic heterocycles. The lowest BCUT2D eigenvalue weighted by molar-refractivity contribution is -0.125. The van der Waals surface area contributed by atoms with Crippen molar-refractivity contribution in [3.8, 4) is 5.75 Å². The highest BCUT2D eigenvalue weighted by Gasteiger charge is 2.12. The molecule has 0 radical (unpaired) electrons. The second-order valence-electron chi connectivity index (χ2n) is 4.08. The van der Waals surface area contributed by atoms with E-state index in [-0.39, 0.29) is 11.8 Å². The number of nitrogens with one attached hydrogen (secondary N) is 1. The summed E-state index contributed by atoms with van der Waals surface area (Å²) in [6.45, 7) is 4.97. The van der Waals surface area contributed by atoms with Crippen LogP contribution in [-0.4, -0.2) is 19.1 Å². The second-order valence-corrected chi connectivity index (χ2v) is 4.49. The van der Waals surface area contributed by atoms with Crippen molar-refractivity contribution in [1.82, 2.24) is 5.32 Å². The van der Waals surface area contributed by atoms with Gasteiger partial charge in [0.1, 0.15) is 12.4 Å². The molecule has 1 rings (SSSR count). The maximum absolute atomic E-state index is 11.7. The molecule has 0 saturated heterocycles. The molecule has 100 valence electrons. The molecule has 0 heterocycles. The predicted molar refractivity (Wildman–Crippen MR) is 74.0 cm³/mol. The lowest BCUT2D eigenvalue weighted by Gasteiger charge is -2.13. The fourth-order valence-electron chi connectivity index (χ4n) is 1.70. The molecule has 0 fully saturated rings. The Morgan fingerprint density at radius 2 is 2.00 bits per heavy atom. The van der Waals surface area contributed by atoms with Crippen molar-refractivity contribution in [1.29, 1.82) is 0 Å². The molecule has 0 bridgehead atoms. The Morgan fingerprint density at radius 1 is 1.33 bits per heavy atom. The Balaban J connectivity index is 2.27. The van der Waals surface area contributed by atoms with E-state index < -0.39 is 0 Å². The number of ether oxygens (including phenoxy) is 1. The lowest BCUT2D eigenvalue weighted by Crippen LogP contribution is -2.33. The third-order valence-electron chi connectivity index (χ3n) is 2.85. The number of hydrogen-bond donors (Lipinski definition) is 1. The molecule has 1 aromatic rings. The molecule has 1 N–H and O–H groups in total. The lowest BCUT2D eigenvalue weighted by atomic mass is 10.0. The summed E-state index contributed by atoms with van der Waals surface area (Å²) in [5.41, 5.74) is 0. The van der Waals surface area contributed by atoms with E-state index in [1.54, 1.807) is 6.07 Å². The largest absolute Gasteiger partial charge is 0.490 e. The number of benzene rings is 1. The van der Waals surface area contributed by atoms with Gasteiger partial charge in [-0.05, 0) is 25.0 Å². The molecule has 4 heteroatoms. The monoisotopic (exact) mass is 269 g/mol. The molecule has 18 heavy (non-hydrogen) atoms. The SMILES string of the molecule is CCC(CC)C(=O)NCCOc1ccccc1Cl. The summed E-state index contributed by atoms with van der Waals surface area (Å²) in [6.07, 6.45) is 1.74. The molecule has 1 amide bonds. The summed E-state index contributed by atoms with van der Waals surface area (Å²) >= 11 is 5.95. The van der Waals surface area contributed by atoms with E-state index in [4.69, 9.17) is 16.3 Å². The summed E-state index contributed by atoms with van der Waals surface area (Å²) < 4.78 is 5.49. The van der Waals surface area contributed by atoms with Crippen LogP contribution in [0.15, 0.2) is 24.3 Å². The van der Waals surface area contributed by atoms with E-state index in [9.17, 15) is 4.79 Å². The van der Waals surface area contributed by atoms with E-state index in [0.29, 0.717) is 23.9 Å². The first kappa shape index (κ1) is 14.8. The quantitative estimate of drug-likeness (QED) is 0.772. The Hall–Kier alpha value is -1.22. The second kappa shape index (κ2) is 7.98. The first-order chi connectivity index (χ1) is 8.69. The predicted octanol–water partition coefficient (Wildman–Crippen LogP) is 3.27. The van der Waals surface area contributed by atoms with Crippen LogP contribution in [0.2, 0.25) is 5.02 Å². The summed E-state index contributed by atoms with van der Waals surface area (Å²) in [4.78, 5) is 11.7. The molecule has 0 aliphatic carbocycles. The van der Waals surface area contributed by atoms with Crippen LogP contribution in [0.25, 0.3) is 0 Å². The standard InChI is InChI=1S/C14H20ClNO2/c1-3-11(4-2)14(17)16-9-10-18-13-8-6-5-7-12(13)15/h5-8,11H,3-4,9-10H2,1-2H3,(H,16,17).